The van der Waals surface area contributed by atoms with Gasteiger partial charge in [0.25, 0.3) is 0 Å². The van der Waals surface area contributed by atoms with Crippen LogP contribution in [-0.4, -0.2) is 142 Å². The number of hydrogen-bond donors (Lipinski definition) is 7. The van der Waals surface area contributed by atoms with Crippen molar-refractivity contribution < 1.29 is 69.0 Å². The summed E-state index contributed by atoms with van der Waals surface area (Å²) in [6.45, 7) is 3.53. The average Bonchev–Trinajstić information content (AvgIpc) is 3.39. The Hall–Kier alpha value is -2.31. The second kappa shape index (κ2) is 45.8. The number of esters is 1. The Morgan fingerprint density at radius 3 is 1.41 bits per heavy atom. The minimum absolute atomic E-state index is 0.0430. The van der Waals surface area contributed by atoms with E-state index >= 15 is 0 Å². The smallest absolute Gasteiger partial charge is 0.306 e. The molecule has 0 radical (unpaired) electrons. The summed E-state index contributed by atoms with van der Waals surface area (Å²) in [7, 11) is 0. The molecule has 0 aromatic rings. The van der Waals surface area contributed by atoms with Crippen LogP contribution in [0.2, 0.25) is 0 Å². The first-order valence-corrected chi connectivity index (χ1v) is 28.9. The van der Waals surface area contributed by atoms with Crippen molar-refractivity contribution >= 4 is 5.97 Å². The van der Waals surface area contributed by atoms with E-state index in [1.54, 1.807) is 0 Å². The maximum absolute atomic E-state index is 13.0. The van der Waals surface area contributed by atoms with Crippen LogP contribution in [0.1, 0.15) is 206 Å². The van der Waals surface area contributed by atoms with Crippen molar-refractivity contribution in [2.75, 3.05) is 33.0 Å². The minimum Gasteiger partial charge on any atom is -0.457 e. The van der Waals surface area contributed by atoms with Gasteiger partial charge < -0.3 is 64.2 Å². The SMILES string of the molecule is CC/C=C\C/C=C\C/C=C\C/C=C\CCCCC(=O)OC(COCCCCCCCCCCCCCC/C=C\CCCCCCCCCC)COC1OC(COC2OC(CO)C(O)C(O)C2O)C(O)C(O)C1O. The number of rotatable bonds is 46. The molecule has 0 saturated carbocycles. The number of allylic oxidation sites excluding steroid dienone is 10. The van der Waals surface area contributed by atoms with Crippen molar-refractivity contribution in [1.29, 1.82) is 0 Å². The molecule has 73 heavy (non-hydrogen) atoms. The van der Waals surface area contributed by atoms with Crippen LogP contribution in [0.25, 0.3) is 0 Å². The molecule has 0 aliphatic carbocycles. The lowest BCUT2D eigenvalue weighted by Gasteiger charge is -2.42. The Morgan fingerprint density at radius 1 is 0.466 bits per heavy atom. The van der Waals surface area contributed by atoms with E-state index in [2.05, 4.69) is 74.6 Å². The third-order valence-electron chi connectivity index (χ3n) is 13.5. The third-order valence-corrected chi connectivity index (χ3v) is 13.5. The topological polar surface area (TPSA) is 214 Å². The quantitative estimate of drug-likeness (QED) is 0.0172. The zero-order chi connectivity index (χ0) is 53.0. The standard InChI is InChI=1S/C59H104O14/c1-3-5-7-9-11-13-15-17-19-20-21-22-23-24-25-26-27-29-31-33-35-37-39-41-43-68-45-48(71-51(61)42-40-38-36-34-32-30-28-18-16-14-12-10-8-6-4-2)46-69-58-57(67)55(65)53(63)50(73-58)47-70-59-56(66)54(64)52(62)49(44-60)72-59/h6,8,12,14,18,20-21,28,32,34,48-50,52-60,62-67H,3-5,7,9-11,13,15-17,19,22-27,29-31,33,35-47H2,1-2H3/b8-6-,14-12-,21-20-,28-18-,34-32-. The fraction of sp³-hybridized carbons (Fsp3) is 0.814. The van der Waals surface area contributed by atoms with Gasteiger partial charge in [0, 0.05) is 13.0 Å². The molecular weight excluding hydrogens is 933 g/mol. The third kappa shape index (κ3) is 32.8. The lowest BCUT2D eigenvalue weighted by atomic mass is 9.98. The molecule has 7 N–H and O–H groups in total. The van der Waals surface area contributed by atoms with E-state index < -0.39 is 86.7 Å². The summed E-state index contributed by atoms with van der Waals surface area (Å²) in [5.41, 5.74) is 0. The van der Waals surface area contributed by atoms with Crippen LogP contribution in [0, 0.1) is 0 Å². The highest BCUT2D eigenvalue weighted by molar-refractivity contribution is 5.69. The second-order valence-corrected chi connectivity index (χ2v) is 20.1. The van der Waals surface area contributed by atoms with Gasteiger partial charge in [0.15, 0.2) is 12.6 Å². The van der Waals surface area contributed by atoms with Gasteiger partial charge >= 0.3 is 5.97 Å². The number of unbranched alkanes of at least 4 members (excludes halogenated alkanes) is 22. The lowest BCUT2D eigenvalue weighted by Crippen LogP contribution is -2.61. The molecule has 0 bridgehead atoms. The summed E-state index contributed by atoms with van der Waals surface area (Å²) >= 11 is 0. The first-order valence-electron chi connectivity index (χ1n) is 28.9. The van der Waals surface area contributed by atoms with Crippen LogP contribution in [0.5, 0.6) is 0 Å². The largest absolute Gasteiger partial charge is 0.457 e. The molecule has 11 atom stereocenters. The average molecular weight is 1040 g/mol. The van der Waals surface area contributed by atoms with Crippen LogP contribution in [0.3, 0.4) is 0 Å². The molecule has 2 rings (SSSR count). The zero-order valence-electron chi connectivity index (χ0n) is 45.4. The molecule has 14 heteroatoms. The van der Waals surface area contributed by atoms with Crippen molar-refractivity contribution in [3.8, 4) is 0 Å². The molecule has 11 unspecified atom stereocenters. The van der Waals surface area contributed by atoms with Crippen molar-refractivity contribution in [1.82, 2.24) is 0 Å². The summed E-state index contributed by atoms with van der Waals surface area (Å²) in [6.07, 6.45) is 40.1. The van der Waals surface area contributed by atoms with Gasteiger partial charge in [-0.3, -0.25) is 4.79 Å². The Morgan fingerprint density at radius 2 is 0.890 bits per heavy atom. The van der Waals surface area contributed by atoms with Crippen LogP contribution in [0.15, 0.2) is 60.8 Å². The molecule has 2 aliphatic rings. The summed E-state index contributed by atoms with van der Waals surface area (Å²) in [6, 6.07) is 0. The monoisotopic (exact) mass is 1040 g/mol. The summed E-state index contributed by atoms with van der Waals surface area (Å²) < 4.78 is 34.3. The first-order chi connectivity index (χ1) is 35.6. The number of carbonyl (C=O) groups excluding carboxylic acids is 1. The second-order valence-electron chi connectivity index (χ2n) is 20.1. The van der Waals surface area contributed by atoms with Gasteiger partial charge in [0.2, 0.25) is 0 Å². The summed E-state index contributed by atoms with van der Waals surface area (Å²) in [5.74, 6) is -0.416. The lowest BCUT2D eigenvalue weighted by molar-refractivity contribution is -0.332. The van der Waals surface area contributed by atoms with Gasteiger partial charge in [-0.05, 0) is 77.0 Å². The van der Waals surface area contributed by atoms with E-state index in [0.717, 1.165) is 57.8 Å². The predicted octanol–water partition coefficient (Wildman–Crippen LogP) is 10.1. The molecule has 2 heterocycles. The highest BCUT2D eigenvalue weighted by Crippen LogP contribution is 2.26. The number of ether oxygens (including phenoxy) is 6. The zero-order valence-corrected chi connectivity index (χ0v) is 45.4. The molecular formula is C59H104O14. The fourth-order valence-electron chi connectivity index (χ4n) is 8.86. The molecule has 2 fully saturated rings. The molecule has 2 saturated heterocycles. The van der Waals surface area contributed by atoms with E-state index in [0.29, 0.717) is 13.0 Å². The molecule has 0 spiro atoms. The Balaban J connectivity index is 1.71. The normalized spacial score (nSPS) is 25.4. The van der Waals surface area contributed by atoms with Gasteiger partial charge in [-0.1, -0.05) is 184 Å². The maximum atomic E-state index is 13.0. The van der Waals surface area contributed by atoms with Gasteiger partial charge in [-0.2, -0.15) is 0 Å². The van der Waals surface area contributed by atoms with Gasteiger partial charge in [-0.25, -0.2) is 0 Å². The summed E-state index contributed by atoms with van der Waals surface area (Å²) in [4.78, 5) is 13.0. The molecule has 0 amide bonds. The van der Waals surface area contributed by atoms with Crippen molar-refractivity contribution in [2.45, 2.75) is 274 Å². The van der Waals surface area contributed by atoms with E-state index in [1.165, 1.54) is 122 Å². The number of carbonyl (C=O) groups is 1. The molecule has 2 aliphatic heterocycles. The van der Waals surface area contributed by atoms with E-state index in [9.17, 15) is 40.5 Å². The van der Waals surface area contributed by atoms with Crippen molar-refractivity contribution in [2.24, 2.45) is 0 Å². The fourth-order valence-corrected chi connectivity index (χ4v) is 8.86. The van der Waals surface area contributed by atoms with Crippen LogP contribution < -0.4 is 0 Å². The molecule has 0 aromatic heterocycles. The predicted molar refractivity (Wildman–Crippen MR) is 289 cm³/mol. The Labute approximate surface area is 441 Å². The van der Waals surface area contributed by atoms with Crippen LogP contribution in [0.4, 0.5) is 0 Å². The van der Waals surface area contributed by atoms with E-state index in [4.69, 9.17) is 28.4 Å². The molecule has 0 aromatic carbocycles. The molecule has 424 valence electrons. The number of hydrogen-bond acceptors (Lipinski definition) is 14. The van der Waals surface area contributed by atoms with Gasteiger partial charge in [-0.15, -0.1) is 0 Å². The summed E-state index contributed by atoms with van der Waals surface area (Å²) in [5, 5.41) is 72.3. The highest BCUT2D eigenvalue weighted by atomic mass is 16.7. The van der Waals surface area contributed by atoms with Crippen molar-refractivity contribution in [3.63, 3.8) is 0 Å². The highest BCUT2D eigenvalue weighted by Gasteiger charge is 2.47. The molecule has 14 nitrogen and oxygen atoms in total. The van der Waals surface area contributed by atoms with Crippen LogP contribution >= 0.6 is 0 Å². The number of aliphatic hydroxyl groups is 7. The Kier molecular flexibility index (Phi) is 42.0. The van der Waals surface area contributed by atoms with Crippen molar-refractivity contribution in [3.05, 3.63) is 60.8 Å². The van der Waals surface area contributed by atoms with E-state index in [-0.39, 0.29) is 19.6 Å². The first kappa shape index (κ1) is 66.8. The van der Waals surface area contributed by atoms with Gasteiger partial charge in [0.05, 0.1) is 26.4 Å². The Bertz CT molecular complexity index is 1440. The maximum Gasteiger partial charge on any atom is 0.306 e. The van der Waals surface area contributed by atoms with Crippen LogP contribution in [-0.2, 0) is 33.2 Å². The number of aliphatic hydroxyl groups excluding tert-OH is 7. The van der Waals surface area contributed by atoms with E-state index in [1.807, 2.05) is 0 Å². The van der Waals surface area contributed by atoms with Gasteiger partial charge in [0.1, 0.15) is 54.9 Å². The minimum atomic E-state index is -1.72.